The first kappa shape index (κ1) is 23.3. The van der Waals surface area contributed by atoms with E-state index in [4.69, 9.17) is 0 Å². The highest BCUT2D eigenvalue weighted by molar-refractivity contribution is 6.15. The molecule has 1 amide bonds. The highest BCUT2D eigenvalue weighted by Crippen LogP contribution is 2.31. The van der Waals surface area contributed by atoms with Gasteiger partial charge in [-0.2, -0.15) is 26.3 Å². The Morgan fingerprint density at radius 1 is 0.750 bits per heavy atom. The van der Waals surface area contributed by atoms with E-state index in [0.717, 1.165) is 24.3 Å². The van der Waals surface area contributed by atoms with E-state index in [1.807, 2.05) is 0 Å². The molecule has 0 bridgehead atoms. The summed E-state index contributed by atoms with van der Waals surface area (Å²) in [5.74, 6) is -0.753. The number of hydrogen-bond donors (Lipinski definition) is 0. The van der Waals surface area contributed by atoms with Crippen LogP contribution in [0.3, 0.4) is 0 Å². The number of hydrogen-bond acceptors (Lipinski definition) is 2. The van der Waals surface area contributed by atoms with Crippen molar-refractivity contribution in [3.63, 3.8) is 0 Å². The highest BCUT2D eigenvalue weighted by atomic mass is 19.4. The summed E-state index contributed by atoms with van der Waals surface area (Å²) in [6.07, 6.45) is -6.18. The molecule has 0 saturated carbocycles. The molecule has 3 nitrogen and oxygen atoms in total. The largest absolute Gasteiger partial charge is 0.416 e. The second-order valence-electron chi connectivity index (χ2n) is 7.28. The minimum absolute atomic E-state index is 0.0282. The fourth-order valence-electron chi connectivity index (χ4n) is 3.20. The Kier molecular flexibility index (Phi) is 6.29. The summed E-state index contributed by atoms with van der Waals surface area (Å²) in [5, 5.41) is 0. The second-order valence-corrected chi connectivity index (χ2v) is 7.28. The first-order valence-electron chi connectivity index (χ1n) is 9.40. The number of amides is 1. The zero-order valence-corrected chi connectivity index (χ0v) is 16.7. The summed E-state index contributed by atoms with van der Waals surface area (Å²) in [4.78, 5) is 26.2. The number of Topliss-reactive ketones (excluding diaryl/α,β-unsaturated/α-hetero) is 1. The number of piperidine rings is 1. The molecule has 0 aliphatic carbocycles. The van der Waals surface area contributed by atoms with Crippen molar-refractivity contribution in [1.82, 2.24) is 4.90 Å². The molecule has 2 aromatic rings. The lowest BCUT2D eigenvalue weighted by atomic mass is 9.94. The van der Waals surface area contributed by atoms with Crippen LogP contribution < -0.4 is 0 Å². The summed E-state index contributed by atoms with van der Waals surface area (Å²) < 4.78 is 76.5. The SMILES string of the molecule is CC(=O)N1C/C(=C/c2ccc(C(F)(F)F)cc2)C(=O)/C(=C/c2ccc(C(F)(F)F)cc2)C1. The van der Waals surface area contributed by atoms with Gasteiger partial charge in [-0.3, -0.25) is 9.59 Å². The van der Waals surface area contributed by atoms with Gasteiger partial charge < -0.3 is 4.90 Å². The van der Waals surface area contributed by atoms with Gasteiger partial charge in [0, 0.05) is 31.2 Å². The number of carbonyl (C=O) groups is 2. The quantitative estimate of drug-likeness (QED) is 0.437. The fourth-order valence-corrected chi connectivity index (χ4v) is 3.20. The minimum Gasteiger partial charge on any atom is -0.334 e. The number of alkyl halides is 6. The van der Waals surface area contributed by atoms with Crippen molar-refractivity contribution in [3.8, 4) is 0 Å². The number of carbonyl (C=O) groups excluding carboxylic acids is 2. The van der Waals surface area contributed by atoms with Gasteiger partial charge in [-0.1, -0.05) is 24.3 Å². The van der Waals surface area contributed by atoms with Gasteiger partial charge >= 0.3 is 12.4 Å². The molecule has 1 saturated heterocycles. The Balaban J connectivity index is 1.93. The molecule has 0 aromatic heterocycles. The minimum atomic E-state index is -4.49. The van der Waals surface area contributed by atoms with Crippen LogP contribution in [0.2, 0.25) is 0 Å². The van der Waals surface area contributed by atoms with Gasteiger partial charge in [-0.05, 0) is 47.5 Å². The Bertz CT molecular complexity index is 998. The van der Waals surface area contributed by atoms with Gasteiger partial charge in [-0.25, -0.2) is 0 Å². The van der Waals surface area contributed by atoms with Gasteiger partial charge in [0.1, 0.15) is 0 Å². The summed E-state index contributed by atoms with van der Waals surface area (Å²) in [6, 6.07) is 8.43. The number of benzene rings is 2. The molecule has 0 radical (unpaired) electrons. The fraction of sp³-hybridized carbons (Fsp3) is 0.217. The molecular formula is C23H17F6NO2. The molecule has 0 unspecified atom stereocenters. The number of halogens is 6. The molecule has 32 heavy (non-hydrogen) atoms. The van der Waals surface area contributed by atoms with Crippen LogP contribution in [-0.2, 0) is 21.9 Å². The molecule has 0 atom stereocenters. The van der Waals surface area contributed by atoms with Crippen LogP contribution in [0, 0.1) is 0 Å². The van der Waals surface area contributed by atoms with Crippen molar-refractivity contribution in [1.29, 1.82) is 0 Å². The molecule has 1 heterocycles. The van der Waals surface area contributed by atoms with Crippen LogP contribution >= 0.6 is 0 Å². The van der Waals surface area contributed by atoms with E-state index in [9.17, 15) is 35.9 Å². The number of likely N-dealkylation sites (tertiary alicyclic amines) is 1. The third-order valence-electron chi connectivity index (χ3n) is 4.91. The monoisotopic (exact) mass is 453 g/mol. The predicted octanol–water partition coefficient (Wildman–Crippen LogP) is 5.62. The van der Waals surface area contributed by atoms with E-state index in [1.54, 1.807) is 0 Å². The van der Waals surface area contributed by atoms with Crippen molar-refractivity contribution < 1.29 is 35.9 Å². The van der Waals surface area contributed by atoms with Crippen LogP contribution in [0.25, 0.3) is 12.2 Å². The maximum Gasteiger partial charge on any atom is 0.416 e. The molecule has 3 rings (SSSR count). The Morgan fingerprint density at radius 2 is 1.09 bits per heavy atom. The maximum absolute atomic E-state index is 12.9. The summed E-state index contributed by atoms with van der Waals surface area (Å²) in [6.45, 7) is 1.25. The van der Waals surface area contributed by atoms with E-state index in [1.165, 1.54) is 48.2 Å². The third kappa shape index (κ3) is 5.46. The standard InChI is InChI=1S/C23H17F6NO2/c1-14(31)30-12-17(10-15-2-6-19(7-3-15)22(24,25)26)21(32)18(13-30)11-16-4-8-20(9-5-16)23(27,28)29/h2-11H,12-13H2,1H3/b17-10-,18-11+. The predicted molar refractivity (Wildman–Crippen MR) is 106 cm³/mol. The van der Waals surface area contributed by atoms with Crippen LogP contribution in [0.15, 0.2) is 59.7 Å². The van der Waals surface area contributed by atoms with Gasteiger partial charge in [0.05, 0.1) is 11.1 Å². The molecule has 168 valence electrons. The zero-order valence-electron chi connectivity index (χ0n) is 16.7. The topological polar surface area (TPSA) is 37.4 Å². The second kappa shape index (κ2) is 8.64. The van der Waals surface area contributed by atoms with Crippen molar-refractivity contribution in [2.24, 2.45) is 0 Å². The van der Waals surface area contributed by atoms with Crippen LogP contribution in [0.5, 0.6) is 0 Å². The highest BCUT2D eigenvalue weighted by Gasteiger charge is 2.31. The van der Waals surface area contributed by atoms with E-state index in [-0.39, 0.29) is 30.1 Å². The molecule has 1 fully saturated rings. The van der Waals surface area contributed by atoms with Crippen LogP contribution in [0.1, 0.15) is 29.2 Å². The third-order valence-corrected chi connectivity index (χ3v) is 4.91. The van der Waals surface area contributed by atoms with Crippen molar-refractivity contribution in [2.75, 3.05) is 13.1 Å². The molecule has 0 spiro atoms. The first-order valence-corrected chi connectivity index (χ1v) is 9.40. The molecule has 1 aliphatic rings. The average molecular weight is 453 g/mol. The van der Waals surface area contributed by atoms with E-state index in [2.05, 4.69) is 0 Å². The lowest BCUT2D eigenvalue weighted by Gasteiger charge is -2.29. The normalized spacial score (nSPS) is 17.8. The molecular weight excluding hydrogens is 436 g/mol. The average Bonchev–Trinajstić information content (AvgIpc) is 2.70. The smallest absolute Gasteiger partial charge is 0.334 e. The van der Waals surface area contributed by atoms with E-state index in [0.29, 0.717) is 11.1 Å². The Labute approximate surface area is 179 Å². The number of rotatable bonds is 2. The van der Waals surface area contributed by atoms with Crippen molar-refractivity contribution in [2.45, 2.75) is 19.3 Å². The molecule has 9 heteroatoms. The lowest BCUT2D eigenvalue weighted by Crippen LogP contribution is -2.40. The summed E-state index contributed by atoms with van der Waals surface area (Å²) in [7, 11) is 0. The van der Waals surface area contributed by atoms with Gasteiger partial charge in [0.25, 0.3) is 0 Å². The Morgan fingerprint density at radius 3 is 1.38 bits per heavy atom. The van der Waals surface area contributed by atoms with Gasteiger partial charge in [-0.15, -0.1) is 0 Å². The molecule has 2 aromatic carbocycles. The zero-order chi connectivity index (χ0) is 23.7. The van der Waals surface area contributed by atoms with Crippen LogP contribution in [-0.4, -0.2) is 29.7 Å². The van der Waals surface area contributed by atoms with E-state index < -0.39 is 29.3 Å². The summed E-state index contributed by atoms with van der Waals surface area (Å²) >= 11 is 0. The number of ketones is 1. The molecule has 1 aliphatic heterocycles. The Hall–Kier alpha value is -3.36. The van der Waals surface area contributed by atoms with Gasteiger partial charge in [0.15, 0.2) is 5.78 Å². The van der Waals surface area contributed by atoms with Crippen molar-refractivity contribution >= 4 is 23.8 Å². The molecule has 0 N–H and O–H groups in total. The van der Waals surface area contributed by atoms with E-state index >= 15 is 0 Å². The van der Waals surface area contributed by atoms with Crippen molar-refractivity contribution in [3.05, 3.63) is 81.9 Å². The lowest BCUT2D eigenvalue weighted by molar-refractivity contribution is -0.138. The maximum atomic E-state index is 12.9. The van der Waals surface area contributed by atoms with Crippen LogP contribution in [0.4, 0.5) is 26.3 Å². The number of nitrogens with zero attached hydrogens (tertiary/aromatic N) is 1. The first-order chi connectivity index (χ1) is 14.8. The van der Waals surface area contributed by atoms with Gasteiger partial charge in [0.2, 0.25) is 5.91 Å². The summed E-state index contributed by atoms with van der Waals surface area (Å²) in [5.41, 5.74) is -0.597.